The number of hydrogen-bond acceptors (Lipinski definition) is 4. The molecule has 1 aliphatic rings. The van der Waals surface area contributed by atoms with E-state index in [0.29, 0.717) is 19.0 Å². The Balaban J connectivity index is 1.36. The van der Waals surface area contributed by atoms with Gasteiger partial charge < -0.3 is 10.6 Å². The molecule has 2 aromatic rings. The highest BCUT2D eigenvalue weighted by Gasteiger charge is 2.21. The lowest BCUT2D eigenvalue weighted by molar-refractivity contribution is -0.139. The van der Waals surface area contributed by atoms with Gasteiger partial charge in [0.25, 0.3) is 0 Å². The number of carbonyl (C=O) groups excluding carboxylic acids is 2. The first-order chi connectivity index (χ1) is 14.5. The zero-order valence-corrected chi connectivity index (χ0v) is 18.6. The highest BCUT2D eigenvalue weighted by Crippen LogP contribution is 2.24. The van der Waals surface area contributed by atoms with Gasteiger partial charge in [0.05, 0.1) is 0 Å². The number of thioether (sulfide) groups is 1. The predicted octanol–water partition coefficient (Wildman–Crippen LogP) is 3.36. The topological polar surface area (TPSA) is 61.4 Å². The molecule has 0 spiro atoms. The SMILES string of the molecule is CSc1ccccc1CN1CCC(CNC(=O)C(=O)NCc2ccc(C)cc2)CC1. The predicted molar refractivity (Wildman–Crippen MR) is 122 cm³/mol. The van der Waals surface area contributed by atoms with E-state index in [9.17, 15) is 9.59 Å². The lowest BCUT2D eigenvalue weighted by Gasteiger charge is -2.32. The molecule has 6 heteroatoms. The van der Waals surface area contributed by atoms with Gasteiger partial charge in [-0.05, 0) is 62.2 Å². The van der Waals surface area contributed by atoms with Gasteiger partial charge in [0.2, 0.25) is 0 Å². The standard InChI is InChI=1S/C24H31N3O2S/c1-18-7-9-19(10-8-18)15-25-23(28)24(29)26-16-20-11-13-27(14-12-20)17-21-5-3-4-6-22(21)30-2/h3-10,20H,11-17H2,1-2H3,(H,25,28)(H,26,29). The first-order valence-electron chi connectivity index (χ1n) is 10.5. The minimum absolute atomic E-state index is 0.364. The average Bonchev–Trinajstić information content (AvgIpc) is 2.78. The molecule has 2 aromatic carbocycles. The second kappa shape index (κ2) is 11.2. The Hall–Kier alpha value is -2.31. The molecular formula is C24H31N3O2S. The van der Waals surface area contributed by atoms with E-state index in [1.54, 1.807) is 11.8 Å². The number of benzene rings is 2. The summed E-state index contributed by atoms with van der Waals surface area (Å²) in [5.74, 6) is -0.689. The molecular weight excluding hydrogens is 394 g/mol. The molecule has 5 nitrogen and oxygen atoms in total. The molecule has 0 radical (unpaired) electrons. The van der Waals surface area contributed by atoms with Crippen LogP contribution in [0.4, 0.5) is 0 Å². The van der Waals surface area contributed by atoms with Crippen molar-refractivity contribution in [3.05, 3.63) is 65.2 Å². The molecule has 0 atom stereocenters. The van der Waals surface area contributed by atoms with Crippen LogP contribution in [0.1, 0.15) is 29.5 Å². The Labute approximate surface area is 183 Å². The monoisotopic (exact) mass is 425 g/mol. The first kappa shape index (κ1) is 22.4. The Kier molecular flexibility index (Phi) is 8.34. The number of likely N-dealkylation sites (tertiary alicyclic amines) is 1. The number of nitrogens with one attached hydrogen (secondary N) is 2. The van der Waals surface area contributed by atoms with Crippen molar-refractivity contribution in [3.63, 3.8) is 0 Å². The molecule has 0 saturated carbocycles. The Morgan fingerprint density at radius 1 is 1.00 bits per heavy atom. The fourth-order valence-electron chi connectivity index (χ4n) is 3.71. The van der Waals surface area contributed by atoms with E-state index in [-0.39, 0.29) is 0 Å². The average molecular weight is 426 g/mol. The fraction of sp³-hybridized carbons (Fsp3) is 0.417. The van der Waals surface area contributed by atoms with E-state index < -0.39 is 11.8 Å². The smallest absolute Gasteiger partial charge is 0.309 e. The number of nitrogens with zero attached hydrogens (tertiary/aromatic N) is 1. The van der Waals surface area contributed by atoms with Gasteiger partial charge in [0, 0.05) is 24.5 Å². The van der Waals surface area contributed by atoms with Gasteiger partial charge in [0.15, 0.2) is 0 Å². The van der Waals surface area contributed by atoms with Crippen LogP contribution in [0.15, 0.2) is 53.4 Å². The molecule has 30 heavy (non-hydrogen) atoms. The van der Waals surface area contributed by atoms with Crippen LogP contribution in [0, 0.1) is 12.8 Å². The van der Waals surface area contributed by atoms with Crippen molar-refractivity contribution in [1.82, 2.24) is 15.5 Å². The molecule has 2 amide bonds. The summed E-state index contributed by atoms with van der Waals surface area (Å²) in [6.07, 6.45) is 4.18. The van der Waals surface area contributed by atoms with Crippen LogP contribution in [0.25, 0.3) is 0 Å². The number of hydrogen-bond donors (Lipinski definition) is 2. The number of piperidine rings is 1. The summed E-state index contributed by atoms with van der Waals surface area (Å²) in [6, 6.07) is 16.5. The third-order valence-electron chi connectivity index (χ3n) is 5.62. The van der Waals surface area contributed by atoms with Gasteiger partial charge >= 0.3 is 11.8 Å². The summed E-state index contributed by atoms with van der Waals surface area (Å²) in [7, 11) is 0. The Morgan fingerprint density at radius 2 is 1.67 bits per heavy atom. The molecule has 0 aromatic heterocycles. The van der Waals surface area contributed by atoms with Crippen molar-refractivity contribution in [2.24, 2.45) is 5.92 Å². The molecule has 1 heterocycles. The lowest BCUT2D eigenvalue weighted by Crippen LogP contribution is -2.43. The van der Waals surface area contributed by atoms with E-state index in [2.05, 4.69) is 46.1 Å². The molecule has 0 bridgehead atoms. The minimum atomic E-state index is -0.568. The third-order valence-corrected chi connectivity index (χ3v) is 6.46. The summed E-state index contributed by atoms with van der Waals surface area (Å²) < 4.78 is 0. The maximum Gasteiger partial charge on any atom is 0.309 e. The van der Waals surface area contributed by atoms with Crippen molar-refractivity contribution in [2.45, 2.75) is 37.8 Å². The molecule has 1 fully saturated rings. The number of carbonyl (C=O) groups is 2. The molecule has 1 saturated heterocycles. The minimum Gasteiger partial charge on any atom is -0.348 e. The van der Waals surface area contributed by atoms with Crippen molar-refractivity contribution < 1.29 is 9.59 Å². The zero-order chi connectivity index (χ0) is 21.3. The van der Waals surface area contributed by atoms with Crippen molar-refractivity contribution in [1.29, 1.82) is 0 Å². The van der Waals surface area contributed by atoms with Crippen LogP contribution >= 0.6 is 11.8 Å². The molecule has 160 valence electrons. The summed E-state index contributed by atoms with van der Waals surface area (Å²) in [5.41, 5.74) is 3.53. The summed E-state index contributed by atoms with van der Waals surface area (Å²) >= 11 is 1.79. The normalized spacial score (nSPS) is 15.0. The lowest BCUT2D eigenvalue weighted by atomic mass is 9.96. The number of amides is 2. The van der Waals surface area contributed by atoms with E-state index in [1.165, 1.54) is 16.0 Å². The zero-order valence-electron chi connectivity index (χ0n) is 17.8. The summed E-state index contributed by atoms with van der Waals surface area (Å²) in [4.78, 5) is 27.9. The van der Waals surface area contributed by atoms with Crippen LogP contribution in [-0.4, -0.2) is 42.6 Å². The van der Waals surface area contributed by atoms with Crippen LogP contribution in [0.5, 0.6) is 0 Å². The van der Waals surface area contributed by atoms with Crippen LogP contribution in [0.2, 0.25) is 0 Å². The van der Waals surface area contributed by atoms with Gasteiger partial charge in [-0.25, -0.2) is 0 Å². The fourth-order valence-corrected chi connectivity index (χ4v) is 4.32. The number of aryl methyl sites for hydroxylation is 1. The quantitative estimate of drug-likeness (QED) is 0.528. The van der Waals surface area contributed by atoms with Gasteiger partial charge in [-0.3, -0.25) is 14.5 Å². The van der Waals surface area contributed by atoms with E-state index in [4.69, 9.17) is 0 Å². The Morgan fingerprint density at radius 3 is 2.37 bits per heavy atom. The highest BCUT2D eigenvalue weighted by molar-refractivity contribution is 7.98. The largest absolute Gasteiger partial charge is 0.348 e. The van der Waals surface area contributed by atoms with Crippen molar-refractivity contribution in [3.8, 4) is 0 Å². The van der Waals surface area contributed by atoms with Gasteiger partial charge in [-0.1, -0.05) is 48.0 Å². The molecule has 3 rings (SSSR count). The van der Waals surface area contributed by atoms with Crippen LogP contribution in [0.3, 0.4) is 0 Å². The number of rotatable bonds is 7. The van der Waals surface area contributed by atoms with Crippen LogP contribution < -0.4 is 10.6 Å². The maximum absolute atomic E-state index is 12.1. The maximum atomic E-state index is 12.1. The van der Waals surface area contributed by atoms with Crippen molar-refractivity contribution in [2.75, 3.05) is 25.9 Å². The molecule has 0 aliphatic carbocycles. The second-order valence-electron chi connectivity index (χ2n) is 7.91. The summed E-state index contributed by atoms with van der Waals surface area (Å²) in [6.45, 7) is 5.95. The van der Waals surface area contributed by atoms with Gasteiger partial charge in [0.1, 0.15) is 0 Å². The van der Waals surface area contributed by atoms with Gasteiger partial charge in [-0.15, -0.1) is 11.8 Å². The molecule has 2 N–H and O–H groups in total. The van der Waals surface area contributed by atoms with Crippen LogP contribution in [-0.2, 0) is 22.7 Å². The van der Waals surface area contributed by atoms with Crippen molar-refractivity contribution >= 4 is 23.6 Å². The third kappa shape index (κ3) is 6.61. The second-order valence-corrected chi connectivity index (χ2v) is 8.76. The van der Waals surface area contributed by atoms with E-state index in [1.807, 2.05) is 31.2 Å². The van der Waals surface area contributed by atoms with Gasteiger partial charge in [-0.2, -0.15) is 0 Å². The molecule has 0 unspecified atom stereocenters. The molecule has 1 aliphatic heterocycles. The Bertz CT molecular complexity index is 846. The first-order valence-corrected chi connectivity index (χ1v) is 11.7. The van der Waals surface area contributed by atoms with E-state index >= 15 is 0 Å². The summed E-state index contributed by atoms with van der Waals surface area (Å²) in [5, 5.41) is 5.50. The highest BCUT2D eigenvalue weighted by atomic mass is 32.2. The van der Waals surface area contributed by atoms with E-state index in [0.717, 1.165) is 38.0 Å².